The van der Waals surface area contributed by atoms with Gasteiger partial charge in [0, 0.05) is 13.1 Å². The molecule has 1 atom stereocenters. The zero-order valence-electron chi connectivity index (χ0n) is 11.2. The van der Waals surface area contributed by atoms with Crippen LogP contribution in [-0.2, 0) is 17.9 Å². The number of hydrogen-bond acceptors (Lipinski definition) is 3. The summed E-state index contributed by atoms with van der Waals surface area (Å²) in [6, 6.07) is 7.99. The number of oxime groups is 1. The summed E-state index contributed by atoms with van der Waals surface area (Å²) in [5.74, 6) is -0.677. The van der Waals surface area contributed by atoms with E-state index in [1.165, 1.54) is 0 Å². The van der Waals surface area contributed by atoms with E-state index in [0.717, 1.165) is 11.1 Å². The van der Waals surface area contributed by atoms with Crippen LogP contribution in [0.4, 0.5) is 0 Å². The van der Waals surface area contributed by atoms with Crippen LogP contribution in [-0.4, -0.2) is 21.8 Å². The molecular weight excluding hydrogens is 242 g/mol. The topological polar surface area (TPSA) is 78.9 Å². The van der Waals surface area contributed by atoms with Crippen molar-refractivity contribution < 1.29 is 10.0 Å². The van der Waals surface area contributed by atoms with Gasteiger partial charge in [-0.15, -0.1) is 0 Å². The second kappa shape index (κ2) is 5.30. The molecule has 5 heteroatoms. The number of benzene rings is 1. The second-order valence-corrected chi connectivity index (χ2v) is 5.21. The molecule has 0 saturated carbocycles. The van der Waals surface area contributed by atoms with Crippen molar-refractivity contribution in [1.29, 1.82) is 0 Å². The number of carbonyl (C=O) groups excluding carboxylic acids is 1. The monoisotopic (exact) mass is 261 g/mol. The highest BCUT2D eigenvalue weighted by Gasteiger charge is 2.33. The zero-order chi connectivity index (χ0) is 14.0. The first-order valence-corrected chi connectivity index (χ1v) is 6.37. The van der Waals surface area contributed by atoms with E-state index in [9.17, 15) is 4.79 Å². The molecule has 3 N–H and O–H groups in total. The van der Waals surface area contributed by atoms with Crippen LogP contribution in [0.25, 0.3) is 0 Å². The number of nitrogens with two attached hydrogens (primary N) is 1. The molecule has 1 aliphatic rings. The van der Waals surface area contributed by atoms with Crippen LogP contribution in [0.2, 0.25) is 0 Å². The van der Waals surface area contributed by atoms with Gasteiger partial charge >= 0.3 is 0 Å². The van der Waals surface area contributed by atoms with Crippen molar-refractivity contribution in [2.75, 3.05) is 0 Å². The van der Waals surface area contributed by atoms with Crippen molar-refractivity contribution in [2.45, 2.75) is 26.9 Å². The van der Waals surface area contributed by atoms with Gasteiger partial charge in [0.15, 0.2) is 5.84 Å². The summed E-state index contributed by atoms with van der Waals surface area (Å²) in [5, 5.41) is 11.8. The SMILES string of the molecule is CC(C)C(C(=O)N1Cc2ccccc2C1)C(N)=NO. The summed E-state index contributed by atoms with van der Waals surface area (Å²) in [5.41, 5.74) is 7.97. The van der Waals surface area contributed by atoms with Gasteiger partial charge in [-0.25, -0.2) is 0 Å². The van der Waals surface area contributed by atoms with Gasteiger partial charge in [0.2, 0.25) is 5.91 Å². The van der Waals surface area contributed by atoms with Crippen molar-refractivity contribution in [2.24, 2.45) is 22.7 Å². The molecule has 1 amide bonds. The quantitative estimate of drug-likeness (QED) is 0.375. The minimum Gasteiger partial charge on any atom is -0.409 e. The smallest absolute Gasteiger partial charge is 0.234 e. The molecule has 2 rings (SSSR count). The fourth-order valence-corrected chi connectivity index (χ4v) is 2.50. The predicted molar refractivity (Wildman–Crippen MR) is 72.4 cm³/mol. The summed E-state index contributed by atoms with van der Waals surface area (Å²) < 4.78 is 0. The molecule has 0 fully saturated rings. The Balaban J connectivity index is 2.18. The fraction of sp³-hybridized carbons (Fsp3) is 0.429. The highest BCUT2D eigenvalue weighted by atomic mass is 16.4. The molecule has 1 aromatic carbocycles. The van der Waals surface area contributed by atoms with Crippen LogP contribution in [0.1, 0.15) is 25.0 Å². The minimum absolute atomic E-state index is 0.00730. The number of amidine groups is 1. The number of hydrogen-bond donors (Lipinski definition) is 2. The number of carbonyl (C=O) groups is 1. The molecule has 5 nitrogen and oxygen atoms in total. The predicted octanol–water partition coefficient (Wildman–Crippen LogP) is 1.55. The van der Waals surface area contributed by atoms with Crippen LogP contribution in [0.5, 0.6) is 0 Å². The molecule has 0 saturated heterocycles. The third kappa shape index (κ3) is 2.54. The molecule has 0 spiro atoms. The van der Waals surface area contributed by atoms with Crippen molar-refractivity contribution in [3.8, 4) is 0 Å². The Labute approximate surface area is 112 Å². The first kappa shape index (κ1) is 13.4. The third-order valence-corrected chi connectivity index (χ3v) is 3.52. The van der Waals surface area contributed by atoms with Gasteiger partial charge in [0.25, 0.3) is 0 Å². The zero-order valence-corrected chi connectivity index (χ0v) is 11.2. The van der Waals surface area contributed by atoms with E-state index in [-0.39, 0.29) is 17.7 Å². The van der Waals surface area contributed by atoms with E-state index in [1.54, 1.807) is 4.90 Å². The van der Waals surface area contributed by atoms with Crippen molar-refractivity contribution in [1.82, 2.24) is 4.90 Å². The summed E-state index contributed by atoms with van der Waals surface area (Å²) >= 11 is 0. The van der Waals surface area contributed by atoms with Gasteiger partial charge in [-0.1, -0.05) is 43.3 Å². The Morgan fingerprint density at radius 2 is 1.84 bits per heavy atom. The molecule has 102 valence electrons. The van der Waals surface area contributed by atoms with E-state index < -0.39 is 5.92 Å². The molecule has 0 aromatic heterocycles. The van der Waals surface area contributed by atoms with Gasteiger partial charge in [0.1, 0.15) is 5.92 Å². The maximum absolute atomic E-state index is 12.5. The molecule has 0 bridgehead atoms. The number of rotatable bonds is 3. The molecule has 0 radical (unpaired) electrons. The average molecular weight is 261 g/mol. The molecule has 0 aliphatic carbocycles. The highest BCUT2D eigenvalue weighted by molar-refractivity contribution is 6.02. The van der Waals surface area contributed by atoms with E-state index >= 15 is 0 Å². The standard InChI is InChI=1S/C14H19N3O2/c1-9(2)12(13(15)16-19)14(18)17-7-10-5-3-4-6-11(10)8-17/h3-6,9,12,19H,7-8H2,1-2H3,(H2,15,16). The van der Waals surface area contributed by atoms with Crippen molar-refractivity contribution >= 4 is 11.7 Å². The molecule has 19 heavy (non-hydrogen) atoms. The van der Waals surface area contributed by atoms with Crippen LogP contribution in [0.3, 0.4) is 0 Å². The Hall–Kier alpha value is -2.04. The lowest BCUT2D eigenvalue weighted by Crippen LogP contribution is -2.42. The molecule has 1 unspecified atom stereocenters. The molecule has 1 aromatic rings. The van der Waals surface area contributed by atoms with E-state index in [4.69, 9.17) is 10.9 Å². The van der Waals surface area contributed by atoms with Gasteiger partial charge in [-0.3, -0.25) is 4.79 Å². The van der Waals surface area contributed by atoms with Crippen LogP contribution < -0.4 is 5.73 Å². The first-order valence-electron chi connectivity index (χ1n) is 6.37. The first-order chi connectivity index (χ1) is 9.04. The van der Waals surface area contributed by atoms with Crippen molar-refractivity contribution in [3.63, 3.8) is 0 Å². The number of nitrogens with zero attached hydrogens (tertiary/aromatic N) is 2. The molecule has 1 aliphatic heterocycles. The summed E-state index contributed by atoms with van der Waals surface area (Å²) in [6.07, 6.45) is 0. The van der Waals surface area contributed by atoms with E-state index in [2.05, 4.69) is 5.16 Å². The molecular formula is C14H19N3O2. The van der Waals surface area contributed by atoms with Gasteiger partial charge in [-0.2, -0.15) is 0 Å². The number of fused-ring (bicyclic) bond motifs is 1. The van der Waals surface area contributed by atoms with Gasteiger partial charge < -0.3 is 15.8 Å². The Morgan fingerprint density at radius 3 is 2.26 bits per heavy atom. The Morgan fingerprint density at radius 1 is 1.32 bits per heavy atom. The maximum Gasteiger partial charge on any atom is 0.234 e. The normalized spacial score (nSPS) is 16.6. The highest BCUT2D eigenvalue weighted by Crippen LogP contribution is 2.25. The Kier molecular flexibility index (Phi) is 3.74. The molecule has 1 heterocycles. The third-order valence-electron chi connectivity index (χ3n) is 3.52. The van der Waals surface area contributed by atoms with Crippen molar-refractivity contribution in [3.05, 3.63) is 35.4 Å². The number of amides is 1. The average Bonchev–Trinajstić information content (AvgIpc) is 2.81. The Bertz CT molecular complexity index is 486. The summed E-state index contributed by atoms with van der Waals surface area (Å²) in [4.78, 5) is 14.3. The summed E-state index contributed by atoms with van der Waals surface area (Å²) in [6.45, 7) is 4.97. The fourth-order valence-electron chi connectivity index (χ4n) is 2.50. The van der Waals surface area contributed by atoms with Gasteiger partial charge in [0.05, 0.1) is 0 Å². The van der Waals surface area contributed by atoms with E-state index in [0.29, 0.717) is 13.1 Å². The van der Waals surface area contributed by atoms with E-state index in [1.807, 2.05) is 38.1 Å². The maximum atomic E-state index is 12.5. The minimum atomic E-state index is -0.570. The van der Waals surface area contributed by atoms with Crippen LogP contribution >= 0.6 is 0 Å². The largest absolute Gasteiger partial charge is 0.409 e. The van der Waals surface area contributed by atoms with Gasteiger partial charge in [-0.05, 0) is 17.0 Å². The lowest BCUT2D eigenvalue weighted by atomic mass is 9.93. The summed E-state index contributed by atoms with van der Waals surface area (Å²) in [7, 11) is 0. The lowest BCUT2D eigenvalue weighted by molar-refractivity contribution is -0.135. The van der Waals surface area contributed by atoms with Crippen LogP contribution in [0, 0.1) is 11.8 Å². The second-order valence-electron chi connectivity index (χ2n) is 5.21. The van der Waals surface area contributed by atoms with Crippen LogP contribution in [0.15, 0.2) is 29.4 Å². The lowest BCUT2D eigenvalue weighted by Gasteiger charge is -2.24.